The quantitative estimate of drug-likeness (QED) is 0.873. The molecule has 0 fully saturated rings. The van der Waals surface area contributed by atoms with Crippen LogP contribution in [-0.4, -0.2) is 25.7 Å². The van der Waals surface area contributed by atoms with E-state index in [0.29, 0.717) is 5.75 Å². The number of methoxy groups -OCH3 is 2. The predicted molar refractivity (Wildman–Crippen MR) is 83.0 cm³/mol. The molecule has 0 radical (unpaired) electrons. The van der Waals surface area contributed by atoms with Crippen molar-refractivity contribution in [2.75, 3.05) is 26.1 Å². The van der Waals surface area contributed by atoms with Gasteiger partial charge in [-0.05, 0) is 25.5 Å². The van der Waals surface area contributed by atoms with E-state index in [1.165, 1.54) is 0 Å². The van der Waals surface area contributed by atoms with Crippen LogP contribution in [0.2, 0.25) is 0 Å². The molecule has 0 aliphatic heterocycles. The van der Waals surface area contributed by atoms with Crippen LogP contribution in [0.3, 0.4) is 0 Å². The molecule has 0 unspecified atom stereocenters. The van der Waals surface area contributed by atoms with Gasteiger partial charge in [0.1, 0.15) is 0 Å². The third kappa shape index (κ3) is 2.79. The average molecular weight is 274 g/mol. The van der Waals surface area contributed by atoms with Crippen LogP contribution in [0.25, 0.3) is 10.9 Å². The van der Waals surface area contributed by atoms with E-state index in [1.807, 2.05) is 12.1 Å². The number of benzene rings is 1. The van der Waals surface area contributed by atoms with Crippen LogP contribution in [0.4, 0.5) is 5.69 Å². The van der Waals surface area contributed by atoms with Crippen LogP contribution in [0.15, 0.2) is 18.2 Å². The second-order valence-electron chi connectivity index (χ2n) is 4.67. The topological polar surface area (TPSA) is 43.4 Å². The second-order valence-corrected chi connectivity index (χ2v) is 4.67. The molecule has 2 aromatic rings. The number of aryl methyl sites for hydroxylation is 1. The first kappa shape index (κ1) is 14.4. The molecule has 0 saturated heterocycles. The minimum absolute atomic E-state index is 0.712. The van der Waals surface area contributed by atoms with Crippen LogP contribution in [-0.2, 0) is 6.42 Å². The molecule has 0 spiro atoms. The first-order chi connectivity index (χ1) is 9.73. The molecular weight excluding hydrogens is 252 g/mol. The highest BCUT2D eigenvalue weighted by atomic mass is 16.5. The predicted octanol–water partition coefficient (Wildman–Crippen LogP) is 3.64. The number of hydrogen-bond acceptors (Lipinski definition) is 4. The van der Waals surface area contributed by atoms with Crippen molar-refractivity contribution in [2.24, 2.45) is 0 Å². The van der Waals surface area contributed by atoms with Crippen molar-refractivity contribution in [3.63, 3.8) is 0 Å². The molecule has 0 amide bonds. The van der Waals surface area contributed by atoms with Gasteiger partial charge in [0.15, 0.2) is 11.5 Å². The first-order valence-electron chi connectivity index (χ1n) is 7.03. The second kappa shape index (κ2) is 6.46. The van der Waals surface area contributed by atoms with Gasteiger partial charge in [0.2, 0.25) is 0 Å². The maximum Gasteiger partial charge on any atom is 0.162 e. The average Bonchev–Trinajstić information content (AvgIpc) is 2.46. The van der Waals surface area contributed by atoms with E-state index in [0.717, 1.165) is 47.4 Å². The van der Waals surface area contributed by atoms with Gasteiger partial charge in [-0.25, -0.2) is 0 Å². The largest absolute Gasteiger partial charge is 0.493 e. The number of rotatable bonds is 6. The summed E-state index contributed by atoms with van der Waals surface area (Å²) in [7, 11) is 3.29. The number of nitrogens with one attached hydrogen (secondary N) is 1. The van der Waals surface area contributed by atoms with E-state index in [-0.39, 0.29) is 0 Å². The van der Waals surface area contributed by atoms with Gasteiger partial charge in [-0.2, -0.15) is 0 Å². The highest BCUT2D eigenvalue weighted by molar-refractivity contribution is 5.94. The van der Waals surface area contributed by atoms with E-state index >= 15 is 0 Å². The maximum absolute atomic E-state index is 5.37. The van der Waals surface area contributed by atoms with Crippen molar-refractivity contribution in [1.29, 1.82) is 0 Å². The molecule has 0 aliphatic carbocycles. The van der Waals surface area contributed by atoms with Gasteiger partial charge in [-0.3, -0.25) is 4.98 Å². The minimum Gasteiger partial charge on any atom is -0.493 e. The van der Waals surface area contributed by atoms with Crippen molar-refractivity contribution in [3.05, 3.63) is 23.9 Å². The van der Waals surface area contributed by atoms with Crippen LogP contribution >= 0.6 is 0 Å². The summed E-state index contributed by atoms with van der Waals surface area (Å²) in [6.07, 6.45) is 2.06. The normalized spacial score (nSPS) is 10.6. The van der Waals surface area contributed by atoms with Crippen molar-refractivity contribution in [1.82, 2.24) is 4.98 Å². The number of aromatic nitrogens is 1. The Labute approximate surface area is 120 Å². The summed E-state index contributed by atoms with van der Waals surface area (Å²) in [5.74, 6) is 1.44. The lowest BCUT2D eigenvalue weighted by Crippen LogP contribution is -2.01. The highest BCUT2D eigenvalue weighted by Gasteiger charge is 2.11. The molecule has 0 bridgehead atoms. The standard InChI is InChI=1S/C16H22N2O2/c1-5-7-11-8-13(17-6-2)12-9-15(19-3)16(20-4)10-14(12)18-11/h8-10H,5-7H2,1-4H3,(H,17,18). The Kier molecular flexibility index (Phi) is 4.66. The van der Waals surface area contributed by atoms with E-state index in [2.05, 4.69) is 25.2 Å². The fourth-order valence-electron chi connectivity index (χ4n) is 2.33. The molecule has 1 aromatic carbocycles. The first-order valence-corrected chi connectivity index (χ1v) is 7.03. The molecule has 4 heteroatoms. The third-order valence-electron chi connectivity index (χ3n) is 3.24. The lowest BCUT2D eigenvalue weighted by atomic mass is 10.1. The Morgan fingerprint density at radius 1 is 1.05 bits per heavy atom. The van der Waals surface area contributed by atoms with Crippen molar-refractivity contribution in [2.45, 2.75) is 26.7 Å². The SMILES string of the molecule is CCCc1cc(NCC)c2cc(OC)c(OC)cc2n1. The van der Waals surface area contributed by atoms with Crippen LogP contribution < -0.4 is 14.8 Å². The van der Waals surface area contributed by atoms with Gasteiger partial charge in [0, 0.05) is 29.4 Å². The monoisotopic (exact) mass is 274 g/mol. The van der Waals surface area contributed by atoms with Gasteiger partial charge in [-0.15, -0.1) is 0 Å². The summed E-state index contributed by atoms with van der Waals surface area (Å²) in [5, 5.41) is 4.46. The molecule has 108 valence electrons. The molecule has 20 heavy (non-hydrogen) atoms. The Morgan fingerprint density at radius 2 is 1.75 bits per heavy atom. The molecule has 0 aliphatic rings. The van der Waals surface area contributed by atoms with Crippen LogP contribution in [0.1, 0.15) is 26.0 Å². The van der Waals surface area contributed by atoms with Crippen LogP contribution in [0, 0.1) is 0 Å². The lowest BCUT2D eigenvalue weighted by molar-refractivity contribution is 0.356. The zero-order chi connectivity index (χ0) is 14.5. The van der Waals surface area contributed by atoms with Gasteiger partial charge in [-0.1, -0.05) is 13.3 Å². The van der Waals surface area contributed by atoms with Gasteiger partial charge in [0.25, 0.3) is 0 Å². The summed E-state index contributed by atoms with van der Waals surface area (Å²) in [6, 6.07) is 6.05. The molecule has 1 aromatic heterocycles. The number of ether oxygens (including phenoxy) is 2. The molecule has 1 heterocycles. The number of fused-ring (bicyclic) bond motifs is 1. The van der Waals surface area contributed by atoms with Crippen molar-refractivity contribution >= 4 is 16.6 Å². The van der Waals surface area contributed by atoms with Crippen molar-refractivity contribution in [3.8, 4) is 11.5 Å². The highest BCUT2D eigenvalue weighted by Crippen LogP contribution is 2.35. The number of anilines is 1. The molecule has 2 rings (SSSR count). The van der Waals surface area contributed by atoms with Gasteiger partial charge < -0.3 is 14.8 Å². The summed E-state index contributed by atoms with van der Waals surface area (Å²) in [6.45, 7) is 5.12. The third-order valence-corrected chi connectivity index (χ3v) is 3.24. The molecule has 0 atom stereocenters. The molecule has 4 nitrogen and oxygen atoms in total. The summed E-state index contributed by atoms with van der Waals surface area (Å²) >= 11 is 0. The Morgan fingerprint density at radius 3 is 2.35 bits per heavy atom. The minimum atomic E-state index is 0.712. The number of pyridine rings is 1. The summed E-state index contributed by atoms with van der Waals surface area (Å²) < 4.78 is 10.7. The molecule has 0 saturated carbocycles. The Balaban J connectivity index is 2.65. The molecular formula is C16H22N2O2. The van der Waals surface area contributed by atoms with E-state index < -0.39 is 0 Å². The van der Waals surface area contributed by atoms with E-state index in [4.69, 9.17) is 14.5 Å². The number of nitrogens with zero attached hydrogens (tertiary/aromatic N) is 1. The maximum atomic E-state index is 5.37. The van der Waals surface area contributed by atoms with Crippen LogP contribution in [0.5, 0.6) is 11.5 Å². The smallest absolute Gasteiger partial charge is 0.162 e. The van der Waals surface area contributed by atoms with Gasteiger partial charge in [0.05, 0.1) is 19.7 Å². The zero-order valence-corrected chi connectivity index (χ0v) is 12.6. The van der Waals surface area contributed by atoms with E-state index in [9.17, 15) is 0 Å². The number of hydrogen-bond donors (Lipinski definition) is 1. The zero-order valence-electron chi connectivity index (χ0n) is 12.6. The fourth-order valence-corrected chi connectivity index (χ4v) is 2.33. The fraction of sp³-hybridized carbons (Fsp3) is 0.438. The van der Waals surface area contributed by atoms with Crippen molar-refractivity contribution < 1.29 is 9.47 Å². The summed E-state index contributed by atoms with van der Waals surface area (Å²) in [4.78, 5) is 4.72. The Hall–Kier alpha value is -1.97. The van der Waals surface area contributed by atoms with Gasteiger partial charge >= 0.3 is 0 Å². The Bertz CT molecular complexity index is 597. The molecule has 1 N–H and O–H groups in total. The summed E-state index contributed by atoms with van der Waals surface area (Å²) in [5.41, 5.74) is 3.13. The van der Waals surface area contributed by atoms with E-state index in [1.54, 1.807) is 14.2 Å². The lowest BCUT2D eigenvalue weighted by Gasteiger charge is -2.14.